The second kappa shape index (κ2) is 5.40. The van der Waals surface area contributed by atoms with Gasteiger partial charge in [-0.25, -0.2) is 0 Å². The van der Waals surface area contributed by atoms with E-state index in [0.717, 1.165) is 11.6 Å². The molecule has 3 rings (SSSR count). The summed E-state index contributed by atoms with van der Waals surface area (Å²) in [5.41, 5.74) is 6.65. The van der Waals surface area contributed by atoms with Crippen molar-refractivity contribution in [3.8, 4) is 11.3 Å². The molecule has 1 aliphatic rings. The molecule has 0 unspecified atom stereocenters. The van der Waals surface area contributed by atoms with E-state index in [1.807, 2.05) is 0 Å². The number of hydrogen-bond acceptors (Lipinski definition) is 1. The molecule has 1 heteroatoms. The number of pyridine rings is 1. The van der Waals surface area contributed by atoms with Crippen molar-refractivity contribution in [2.24, 2.45) is 5.92 Å². The standard InChI is InChI=1S/C19H23N/c1-4-15-9-14(3)10-17-12-20-19(11-18(15)17)16-7-5-13(2)6-8-16/h5-8,11-12,14-15H,4,9-10H2,1-3H3/t14-,15+/m0/s1. The third-order valence-electron chi connectivity index (χ3n) is 4.56. The Labute approximate surface area is 122 Å². The topological polar surface area (TPSA) is 12.9 Å². The van der Waals surface area contributed by atoms with Gasteiger partial charge in [0.25, 0.3) is 0 Å². The molecule has 0 N–H and O–H groups in total. The third kappa shape index (κ3) is 2.49. The Morgan fingerprint density at radius 3 is 2.65 bits per heavy atom. The predicted octanol–water partition coefficient (Wildman–Crippen LogP) is 5.13. The van der Waals surface area contributed by atoms with Crippen molar-refractivity contribution in [1.82, 2.24) is 4.98 Å². The van der Waals surface area contributed by atoms with Crippen LogP contribution in [0.4, 0.5) is 0 Å². The van der Waals surface area contributed by atoms with E-state index in [-0.39, 0.29) is 0 Å². The Kier molecular flexibility index (Phi) is 3.60. The fraction of sp³-hybridized carbons (Fsp3) is 0.421. The predicted molar refractivity (Wildman–Crippen MR) is 84.9 cm³/mol. The van der Waals surface area contributed by atoms with Gasteiger partial charge in [0.2, 0.25) is 0 Å². The van der Waals surface area contributed by atoms with Gasteiger partial charge in [0, 0.05) is 11.8 Å². The highest BCUT2D eigenvalue weighted by Crippen LogP contribution is 2.37. The average molecular weight is 265 g/mol. The molecular weight excluding hydrogens is 242 g/mol. The van der Waals surface area contributed by atoms with Gasteiger partial charge in [-0.1, -0.05) is 43.7 Å². The molecular formula is C19H23N. The Bertz CT molecular complexity index is 598. The smallest absolute Gasteiger partial charge is 0.0705 e. The molecule has 0 saturated carbocycles. The Hall–Kier alpha value is -1.63. The van der Waals surface area contributed by atoms with E-state index in [1.165, 1.54) is 41.5 Å². The minimum atomic E-state index is 0.709. The molecule has 0 radical (unpaired) electrons. The van der Waals surface area contributed by atoms with Crippen molar-refractivity contribution >= 4 is 0 Å². The Morgan fingerprint density at radius 2 is 1.95 bits per heavy atom. The van der Waals surface area contributed by atoms with E-state index >= 15 is 0 Å². The zero-order valence-electron chi connectivity index (χ0n) is 12.7. The number of rotatable bonds is 2. The zero-order chi connectivity index (χ0) is 14.1. The fourth-order valence-corrected chi connectivity index (χ4v) is 3.39. The van der Waals surface area contributed by atoms with Crippen molar-refractivity contribution < 1.29 is 0 Å². The summed E-state index contributed by atoms with van der Waals surface area (Å²) in [5.74, 6) is 1.50. The molecule has 1 aromatic heterocycles. The Balaban J connectivity index is 2.01. The minimum absolute atomic E-state index is 0.709. The van der Waals surface area contributed by atoms with E-state index in [4.69, 9.17) is 4.98 Å². The number of benzene rings is 1. The summed E-state index contributed by atoms with van der Waals surface area (Å²) in [6, 6.07) is 11.0. The maximum atomic E-state index is 4.70. The molecule has 1 heterocycles. The van der Waals surface area contributed by atoms with Crippen LogP contribution in [0.25, 0.3) is 11.3 Å². The van der Waals surface area contributed by atoms with Gasteiger partial charge in [0.15, 0.2) is 0 Å². The van der Waals surface area contributed by atoms with Crippen molar-refractivity contribution in [2.75, 3.05) is 0 Å². The molecule has 0 bridgehead atoms. The first-order valence-corrected chi connectivity index (χ1v) is 7.73. The van der Waals surface area contributed by atoms with Crippen LogP contribution >= 0.6 is 0 Å². The van der Waals surface area contributed by atoms with Crippen LogP contribution in [0.1, 0.15) is 49.3 Å². The lowest BCUT2D eigenvalue weighted by Crippen LogP contribution is -2.16. The first-order chi connectivity index (χ1) is 9.67. The maximum absolute atomic E-state index is 4.70. The first kappa shape index (κ1) is 13.4. The van der Waals surface area contributed by atoms with E-state index in [9.17, 15) is 0 Å². The molecule has 0 fully saturated rings. The van der Waals surface area contributed by atoms with Crippen LogP contribution in [0.5, 0.6) is 0 Å². The second-order valence-corrected chi connectivity index (χ2v) is 6.28. The molecule has 0 aliphatic heterocycles. The summed E-state index contributed by atoms with van der Waals surface area (Å²) in [6.07, 6.45) is 5.85. The summed E-state index contributed by atoms with van der Waals surface area (Å²) in [6.45, 7) is 6.79. The highest BCUT2D eigenvalue weighted by molar-refractivity contribution is 5.61. The molecule has 0 spiro atoms. The SMILES string of the molecule is CC[C@@H]1C[C@H](C)Cc2cnc(-c3ccc(C)cc3)cc21. The summed E-state index contributed by atoms with van der Waals surface area (Å²) in [7, 11) is 0. The highest BCUT2D eigenvalue weighted by Gasteiger charge is 2.24. The molecule has 1 nitrogen and oxygen atoms in total. The highest BCUT2D eigenvalue weighted by atomic mass is 14.7. The lowest BCUT2D eigenvalue weighted by molar-refractivity contribution is 0.423. The van der Waals surface area contributed by atoms with E-state index in [0.29, 0.717) is 5.92 Å². The number of nitrogens with zero attached hydrogens (tertiary/aromatic N) is 1. The Morgan fingerprint density at radius 1 is 1.20 bits per heavy atom. The van der Waals surface area contributed by atoms with Crippen molar-refractivity contribution in [3.63, 3.8) is 0 Å². The van der Waals surface area contributed by atoms with Crippen LogP contribution in [-0.4, -0.2) is 4.98 Å². The lowest BCUT2D eigenvalue weighted by Gasteiger charge is -2.29. The van der Waals surface area contributed by atoms with E-state index in [2.05, 4.69) is 57.3 Å². The first-order valence-electron chi connectivity index (χ1n) is 7.73. The quantitative estimate of drug-likeness (QED) is 0.733. The van der Waals surface area contributed by atoms with Crippen molar-refractivity contribution in [2.45, 2.75) is 46.0 Å². The van der Waals surface area contributed by atoms with Gasteiger partial charge in [-0.2, -0.15) is 0 Å². The van der Waals surface area contributed by atoms with Crippen LogP contribution in [0.15, 0.2) is 36.5 Å². The van der Waals surface area contributed by atoms with Crippen LogP contribution < -0.4 is 0 Å². The maximum Gasteiger partial charge on any atom is 0.0705 e. The molecule has 1 aliphatic carbocycles. The molecule has 2 atom stereocenters. The molecule has 104 valence electrons. The van der Waals surface area contributed by atoms with Gasteiger partial charge >= 0.3 is 0 Å². The van der Waals surface area contributed by atoms with Crippen LogP contribution in [0.3, 0.4) is 0 Å². The molecule has 20 heavy (non-hydrogen) atoms. The average Bonchev–Trinajstić information content (AvgIpc) is 2.46. The normalized spacial score (nSPS) is 21.6. The number of aromatic nitrogens is 1. The zero-order valence-corrected chi connectivity index (χ0v) is 12.7. The van der Waals surface area contributed by atoms with E-state index < -0.39 is 0 Å². The van der Waals surface area contributed by atoms with Crippen molar-refractivity contribution in [1.29, 1.82) is 0 Å². The van der Waals surface area contributed by atoms with Gasteiger partial charge in [0.1, 0.15) is 0 Å². The molecule has 0 amide bonds. The minimum Gasteiger partial charge on any atom is -0.256 e. The summed E-state index contributed by atoms with van der Waals surface area (Å²) >= 11 is 0. The summed E-state index contributed by atoms with van der Waals surface area (Å²) in [5, 5.41) is 0. The molecule has 1 aromatic carbocycles. The largest absolute Gasteiger partial charge is 0.256 e. The van der Waals surface area contributed by atoms with E-state index in [1.54, 1.807) is 0 Å². The summed E-state index contributed by atoms with van der Waals surface area (Å²) in [4.78, 5) is 4.70. The molecule has 0 saturated heterocycles. The lowest BCUT2D eigenvalue weighted by atomic mass is 9.77. The van der Waals surface area contributed by atoms with Gasteiger partial charge in [-0.15, -0.1) is 0 Å². The van der Waals surface area contributed by atoms with Gasteiger partial charge in [-0.05, 0) is 55.2 Å². The van der Waals surface area contributed by atoms with Gasteiger partial charge in [-0.3, -0.25) is 4.98 Å². The monoisotopic (exact) mass is 265 g/mol. The summed E-state index contributed by atoms with van der Waals surface area (Å²) < 4.78 is 0. The van der Waals surface area contributed by atoms with Crippen LogP contribution in [-0.2, 0) is 6.42 Å². The number of aryl methyl sites for hydroxylation is 1. The van der Waals surface area contributed by atoms with Crippen LogP contribution in [0, 0.1) is 12.8 Å². The number of fused-ring (bicyclic) bond motifs is 1. The third-order valence-corrected chi connectivity index (χ3v) is 4.56. The van der Waals surface area contributed by atoms with Crippen molar-refractivity contribution in [3.05, 3.63) is 53.2 Å². The van der Waals surface area contributed by atoms with Gasteiger partial charge < -0.3 is 0 Å². The number of hydrogen-bond donors (Lipinski definition) is 0. The van der Waals surface area contributed by atoms with Gasteiger partial charge in [0.05, 0.1) is 5.69 Å². The molecule has 2 aromatic rings. The second-order valence-electron chi connectivity index (χ2n) is 6.28. The van der Waals surface area contributed by atoms with Crippen LogP contribution in [0.2, 0.25) is 0 Å². The fourth-order valence-electron chi connectivity index (χ4n) is 3.39.